The molecule has 0 aliphatic heterocycles. The van der Waals surface area contributed by atoms with Crippen molar-refractivity contribution in [3.8, 4) is 67.0 Å². The van der Waals surface area contributed by atoms with Crippen LogP contribution in [-0.2, 0) is 6.18 Å². The molecule has 10 aromatic carbocycles. The van der Waals surface area contributed by atoms with E-state index in [4.69, 9.17) is 0 Å². The Morgan fingerprint density at radius 3 is 0.803 bits per heavy atom. The highest BCUT2D eigenvalue weighted by Crippen LogP contribution is 2.48. The molecule has 12 aromatic rings. The largest absolute Gasteiger partial charge is 0.420 e. The third-order valence-electron chi connectivity index (χ3n) is 14.9. The molecular formula is C69H53F5N2. The molecule has 7 heteroatoms. The molecule has 2 heterocycles. The molecule has 374 valence electrons. The number of hydrogen-bond acceptors (Lipinski definition) is 0. The predicted molar refractivity (Wildman–Crippen MR) is 305 cm³/mol. The van der Waals surface area contributed by atoms with Gasteiger partial charge in [-0.25, -0.2) is 8.78 Å². The van der Waals surface area contributed by atoms with Gasteiger partial charge < -0.3 is 9.13 Å². The lowest BCUT2D eigenvalue weighted by Crippen LogP contribution is -2.16. The summed E-state index contributed by atoms with van der Waals surface area (Å²) in [6, 6.07) is 54.9. The van der Waals surface area contributed by atoms with E-state index in [1.54, 1.807) is 9.13 Å². The van der Waals surface area contributed by atoms with Crippen LogP contribution in [0.5, 0.6) is 0 Å². The minimum atomic E-state index is -5.03. The summed E-state index contributed by atoms with van der Waals surface area (Å²) in [5.41, 5.74) is 15.3. The van der Waals surface area contributed by atoms with Crippen molar-refractivity contribution in [3.63, 3.8) is 0 Å². The Labute approximate surface area is 439 Å². The number of halogens is 5. The summed E-state index contributed by atoms with van der Waals surface area (Å²) in [5.74, 6) is -1.80. The summed E-state index contributed by atoms with van der Waals surface area (Å²) in [4.78, 5) is 0. The second-order valence-electron chi connectivity index (χ2n) is 21.1. The summed E-state index contributed by atoms with van der Waals surface area (Å²) in [6.07, 6.45) is -5.03. The van der Waals surface area contributed by atoms with E-state index in [-0.39, 0.29) is 16.9 Å². The number of rotatable bonds is 7. The van der Waals surface area contributed by atoms with Crippen LogP contribution in [0, 0.1) is 67.0 Å². The predicted octanol–water partition coefficient (Wildman–Crippen LogP) is 20.0. The Morgan fingerprint density at radius 2 is 0.553 bits per heavy atom. The molecule has 12 rings (SSSR count). The first-order valence-corrected chi connectivity index (χ1v) is 25.6. The van der Waals surface area contributed by atoms with Crippen molar-refractivity contribution in [2.75, 3.05) is 0 Å². The van der Waals surface area contributed by atoms with Gasteiger partial charge in [0.2, 0.25) is 0 Å². The maximum Gasteiger partial charge on any atom is 0.420 e. The summed E-state index contributed by atoms with van der Waals surface area (Å²) in [5, 5.41) is 2.89. The van der Waals surface area contributed by atoms with Gasteiger partial charge in [-0.1, -0.05) is 172 Å². The SMILES string of the molecule is Cc1cc(C)cc(-c2ccc3c4ccc(-c5cc(C)cc(C)c5)cc4n(-c4cc(-c5c(F)cccc5F)cc(-n5c6cc(-c7cc(C)cc(C)c7)ccc6c6ccc(-c7cc(C)cc(C)c7)cc65)c4C(F)(F)F)c3c2)c1. The van der Waals surface area contributed by atoms with Crippen LogP contribution < -0.4 is 0 Å². The summed E-state index contributed by atoms with van der Waals surface area (Å²) in [6.45, 7) is 16.2. The monoisotopic (exact) mass is 1000 g/mol. The van der Waals surface area contributed by atoms with Crippen molar-refractivity contribution in [1.29, 1.82) is 0 Å². The fourth-order valence-corrected chi connectivity index (χ4v) is 12.0. The van der Waals surface area contributed by atoms with Gasteiger partial charge in [-0.2, -0.15) is 13.2 Å². The molecule has 0 bridgehead atoms. The van der Waals surface area contributed by atoms with E-state index >= 15 is 22.0 Å². The Bertz CT molecular complexity index is 3830. The van der Waals surface area contributed by atoms with Gasteiger partial charge in [-0.05, 0) is 154 Å². The van der Waals surface area contributed by atoms with Gasteiger partial charge in [-0.3, -0.25) is 0 Å². The molecule has 0 unspecified atom stereocenters. The van der Waals surface area contributed by atoms with Gasteiger partial charge in [-0.15, -0.1) is 0 Å². The summed E-state index contributed by atoms with van der Waals surface area (Å²) in [7, 11) is 0. The fraction of sp³-hybridized carbons (Fsp3) is 0.130. The minimum Gasteiger partial charge on any atom is -0.308 e. The van der Waals surface area contributed by atoms with Crippen LogP contribution in [0.3, 0.4) is 0 Å². The van der Waals surface area contributed by atoms with Crippen LogP contribution in [0.2, 0.25) is 0 Å². The zero-order valence-electron chi connectivity index (χ0n) is 43.5. The van der Waals surface area contributed by atoms with E-state index in [0.717, 1.165) is 123 Å². The van der Waals surface area contributed by atoms with Crippen molar-refractivity contribution in [2.24, 2.45) is 0 Å². The highest BCUT2D eigenvalue weighted by Gasteiger charge is 2.40. The average molecular weight is 1010 g/mol. The third-order valence-corrected chi connectivity index (χ3v) is 14.9. The first-order valence-electron chi connectivity index (χ1n) is 25.6. The van der Waals surface area contributed by atoms with Crippen molar-refractivity contribution < 1.29 is 22.0 Å². The van der Waals surface area contributed by atoms with Crippen LogP contribution in [-0.4, -0.2) is 9.13 Å². The Morgan fingerprint density at radius 1 is 0.289 bits per heavy atom. The third kappa shape index (κ3) is 8.44. The van der Waals surface area contributed by atoms with E-state index in [9.17, 15) is 0 Å². The molecule has 0 atom stereocenters. The van der Waals surface area contributed by atoms with Gasteiger partial charge in [0.15, 0.2) is 0 Å². The lowest BCUT2D eigenvalue weighted by atomic mass is 9.97. The number of benzene rings is 10. The van der Waals surface area contributed by atoms with Gasteiger partial charge in [0.05, 0.1) is 39.0 Å². The molecule has 0 saturated heterocycles. The molecular weight excluding hydrogens is 952 g/mol. The normalized spacial score (nSPS) is 12.0. The summed E-state index contributed by atoms with van der Waals surface area (Å²) >= 11 is 0. The van der Waals surface area contributed by atoms with Crippen molar-refractivity contribution in [2.45, 2.75) is 61.6 Å². The number of nitrogens with zero attached hydrogens (tertiary/aromatic N) is 2. The molecule has 0 amide bonds. The van der Waals surface area contributed by atoms with Crippen LogP contribution >= 0.6 is 0 Å². The van der Waals surface area contributed by atoms with Crippen molar-refractivity contribution in [1.82, 2.24) is 9.13 Å². The highest BCUT2D eigenvalue weighted by atomic mass is 19.4. The van der Waals surface area contributed by atoms with Gasteiger partial charge in [0.1, 0.15) is 17.2 Å². The minimum absolute atomic E-state index is 0.0505. The lowest BCUT2D eigenvalue weighted by molar-refractivity contribution is -0.137. The molecule has 76 heavy (non-hydrogen) atoms. The molecule has 0 N–H and O–H groups in total. The first kappa shape index (κ1) is 48.4. The van der Waals surface area contributed by atoms with Crippen molar-refractivity contribution in [3.05, 3.63) is 238 Å². The zero-order chi connectivity index (χ0) is 53.1. The van der Waals surface area contributed by atoms with E-state index < -0.39 is 28.9 Å². The van der Waals surface area contributed by atoms with Gasteiger partial charge in [0, 0.05) is 21.5 Å². The smallest absolute Gasteiger partial charge is 0.308 e. The zero-order valence-corrected chi connectivity index (χ0v) is 43.5. The lowest BCUT2D eigenvalue weighted by Gasteiger charge is -2.24. The number of aromatic nitrogens is 2. The highest BCUT2D eigenvalue weighted by molar-refractivity contribution is 6.13. The molecule has 2 aromatic heterocycles. The maximum absolute atomic E-state index is 17.3. The van der Waals surface area contributed by atoms with Crippen LogP contribution in [0.15, 0.2) is 176 Å². The number of hydrogen-bond donors (Lipinski definition) is 0. The van der Waals surface area contributed by atoms with Crippen LogP contribution in [0.4, 0.5) is 22.0 Å². The second kappa shape index (κ2) is 18.1. The molecule has 0 aliphatic carbocycles. The van der Waals surface area contributed by atoms with E-state index in [1.165, 1.54) is 18.2 Å². The molecule has 0 saturated carbocycles. The quantitative estimate of drug-likeness (QED) is 0.141. The molecule has 0 fully saturated rings. The fourth-order valence-electron chi connectivity index (χ4n) is 12.0. The summed E-state index contributed by atoms with van der Waals surface area (Å²) < 4.78 is 88.5. The van der Waals surface area contributed by atoms with Crippen LogP contribution in [0.25, 0.3) is 111 Å². The molecule has 0 radical (unpaired) electrons. The van der Waals surface area contributed by atoms with Crippen LogP contribution in [0.1, 0.15) is 50.1 Å². The number of fused-ring (bicyclic) bond motifs is 6. The Hall–Kier alpha value is -8.55. The van der Waals surface area contributed by atoms with Crippen molar-refractivity contribution >= 4 is 43.6 Å². The van der Waals surface area contributed by atoms with E-state index in [0.29, 0.717) is 22.1 Å². The second-order valence-corrected chi connectivity index (χ2v) is 21.1. The van der Waals surface area contributed by atoms with Gasteiger partial charge in [0.25, 0.3) is 0 Å². The Balaban J connectivity index is 1.28. The molecule has 0 spiro atoms. The van der Waals surface area contributed by atoms with E-state index in [1.807, 2.05) is 128 Å². The first-order chi connectivity index (χ1) is 36.3. The average Bonchev–Trinajstić information content (AvgIpc) is 3.86. The molecule has 2 nitrogen and oxygen atoms in total. The van der Waals surface area contributed by atoms with Gasteiger partial charge >= 0.3 is 6.18 Å². The maximum atomic E-state index is 17.3. The molecule has 0 aliphatic rings. The number of alkyl halides is 3. The standard InChI is InChI=1S/C69H53F5N2/c1-38-20-39(2)25-50(24-38)46-12-16-55-56-17-13-47(51-26-40(3)21-41(4)27-51)33-62(56)75(61(55)32-46)65-36-54(67-59(70)10-9-11-60(67)71)37-66(68(65)69(72,73)74)76-63-34-48(52-28-42(5)22-43(6)29-52)14-18-57(63)58-19-15-49(35-64(58)76)53-30-44(7)23-45(8)31-53/h9-37H,1-8H3. The number of aryl methyl sites for hydroxylation is 8. The van der Waals surface area contributed by atoms with E-state index in [2.05, 4.69) is 72.8 Å². The Kier molecular flexibility index (Phi) is 11.5. The topological polar surface area (TPSA) is 9.86 Å².